The summed E-state index contributed by atoms with van der Waals surface area (Å²) in [6.07, 6.45) is 7.05. The van der Waals surface area contributed by atoms with Crippen LogP contribution in [-0.2, 0) is 5.75 Å². The first-order valence-electron chi connectivity index (χ1n) is 7.56. The van der Waals surface area contributed by atoms with Gasteiger partial charge in [0.25, 0.3) is 0 Å². The van der Waals surface area contributed by atoms with E-state index in [-0.39, 0.29) is 0 Å². The van der Waals surface area contributed by atoms with E-state index in [0.717, 1.165) is 21.2 Å². The second-order valence-electron chi connectivity index (χ2n) is 5.59. The predicted octanol–water partition coefficient (Wildman–Crippen LogP) is 6.45. The summed E-state index contributed by atoms with van der Waals surface area (Å²) in [5.41, 5.74) is 2.37. The van der Waals surface area contributed by atoms with Crippen LogP contribution in [0.5, 0.6) is 0 Å². The van der Waals surface area contributed by atoms with Crippen LogP contribution in [0.25, 0.3) is 11.3 Å². The SMILES string of the molecule is Cc1sc(CSC2CCCCC2)nc1-c1cccc(Br)c1. The standard InChI is InChI=1S/C17H20BrNS2/c1-12-17(13-6-5-7-14(18)10-13)19-16(21-12)11-20-15-8-3-2-4-9-15/h5-7,10,15H,2-4,8-9,11H2,1H3. The third-order valence-corrected chi connectivity index (χ3v) is 6.96. The fraction of sp³-hybridized carbons (Fsp3) is 0.471. The largest absolute Gasteiger partial charge is 0.240 e. The highest BCUT2D eigenvalue weighted by Crippen LogP contribution is 2.34. The van der Waals surface area contributed by atoms with Crippen molar-refractivity contribution in [3.05, 3.63) is 38.6 Å². The van der Waals surface area contributed by atoms with E-state index in [1.54, 1.807) is 0 Å². The molecule has 1 fully saturated rings. The molecule has 1 aliphatic carbocycles. The molecular weight excluding hydrogens is 362 g/mol. The average Bonchev–Trinajstić information content (AvgIpc) is 2.87. The maximum Gasteiger partial charge on any atom is 0.103 e. The van der Waals surface area contributed by atoms with Gasteiger partial charge in [-0.15, -0.1) is 11.3 Å². The van der Waals surface area contributed by atoms with Crippen molar-refractivity contribution in [1.29, 1.82) is 0 Å². The van der Waals surface area contributed by atoms with Crippen LogP contribution in [0.3, 0.4) is 0 Å². The van der Waals surface area contributed by atoms with E-state index in [1.807, 2.05) is 11.3 Å². The number of thioether (sulfide) groups is 1. The summed E-state index contributed by atoms with van der Waals surface area (Å²) in [4.78, 5) is 6.21. The molecule has 1 heterocycles. The number of rotatable bonds is 4. The summed E-state index contributed by atoms with van der Waals surface area (Å²) >= 11 is 7.51. The monoisotopic (exact) mass is 381 g/mol. The Morgan fingerprint density at radius 1 is 1.29 bits per heavy atom. The molecule has 0 bridgehead atoms. The predicted molar refractivity (Wildman–Crippen MR) is 98.2 cm³/mol. The first-order chi connectivity index (χ1) is 10.2. The molecule has 0 spiro atoms. The smallest absolute Gasteiger partial charge is 0.103 e. The van der Waals surface area contributed by atoms with Crippen LogP contribution in [0.1, 0.15) is 42.0 Å². The zero-order valence-electron chi connectivity index (χ0n) is 12.3. The van der Waals surface area contributed by atoms with Gasteiger partial charge in [-0.2, -0.15) is 11.8 Å². The van der Waals surface area contributed by atoms with Crippen molar-refractivity contribution in [3.63, 3.8) is 0 Å². The van der Waals surface area contributed by atoms with Crippen molar-refractivity contribution in [1.82, 2.24) is 4.98 Å². The number of aryl methyl sites for hydroxylation is 1. The number of thiazole rings is 1. The summed E-state index contributed by atoms with van der Waals surface area (Å²) in [5.74, 6) is 1.07. The normalized spacial score (nSPS) is 16.3. The number of halogens is 1. The first-order valence-corrected chi connectivity index (χ1v) is 10.2. The molecule has 0 N–H and O–H groups in total. The van der Waals surface area contributed by atoms with Crippen molar-refractivity contribution >= 4 is 39.0 Å². The molecule has 0 aliphatic heterocycles. The molecule has 1 saturated carbocycles. The molecule has 0 atom stereocenters. The molecule has 1 aliphatic rings. The van der Waals surface area contributed by atoms with E-state index in [2.05, 4.69) is 58.9 Å². The summed E-state index contributed by atoms with van der Waals surface area (Å²) in [6, 6.07) is 8.44. The van der Waals surface area contributed by atoms with Crippen LogP contribution in [0.2, 0.25) is 0 Å². The van der Waals surface area contributed by atoms with Gasteiger partial charge in [0, 0.05) is 25.9 Å². The molecule has 0 amide bonds. The second kappa shape index (κ2) is 7.30. The number of nitrogens with zero attached hydrogens (tertiary/aromatic N) is 1. The number of hydrogen-bond donors (Lipinski definition) is 0. The number of hydrogen-bond acceptors (Lipinski definition) is 3. The van der Waals surface area contributed by atoms with Gasteiger partial charge in [-0.3, -0.25) is 0 Å². The van der Waals surface area contributed by atoms with Gasteiger partial charge < -0.3 is 0 Å². The van der Waals surface area contributed by atoms with E-state index in [9.17, 15) is 0 Å². The first kappa shape index (κ1) is 15.6. The van der Waals surface area contributed by atoms with Gasteiger partial charge in [-0.05, 0) is 31.9 Å². The van der Waals surface area contributed by atoms with Crippen LogP contribution in [0.15, 0.2) is 28.7 Å². The van der Waals surface area contributed by atoms with Gasteiger partial charge in [0.1, 0.15) is 5.01 Å². The molecule has 1 aromatic carbocycles. The maximum atomic E-state index is 4.88. The van der Waals surface area contributed by atoms with Gasteiger partial charge in [-0.1, -0.05) is 47.3 Å². The topological polar surface area (TPSA) is 12.9 Å². The minimum absolute atomic E-state index is 0.859. The van der Waals surface area contributed by atoms with Crippen molar-refractivity contribution in [2.24, 2.45) is 0 Å². The van der Waals surface area contributed by atoms with E-state index < -0.39 is 0 Å². The zero-order valence-corrected chi connectivity index (χ0v) is 15.5. The van der Waals surface area contributed by atoms with Crippen molar-refractivity contribution in [2.45, 2.75) is 50.0 Å². The molecule has 4 heteroatoms. The molecule has 2 aromatic rings. The summed E-state index contributed by atoms with van der Waals surface area (Å²) < 4.78 is 1.12. The van der Waals surface area contributed by atoms with Gasteiger partial charge in [0.05, 0.1) is 5.69 Å². The molecule has 1 nitrogen and oxygen atoms in total. The maximum absolute atomic E-state index is 4.88. The highest BCUT2D eigenvalue weighted by Gasteiger charge is 2.16. The molecule has 112 valence electrons. The van der Waals surface area contributed by atoms with Crippen LogP contribution in [0, 0.1) is 6.92 Å². The third-order valence-electron chi connectivity index (χ3n) is 3.93. The van der Waals surface area contributed by atoms with Crippen molar-refractivity contribution < 1.29 is 0 Å². The minimum atomic E-state index is 0.859. The Morgan fingerprint density at radius 3 is 2.86 bits per heavy atom. The molecule has 21 heavy (non-hydrogen) atoms. The van der Waals surface area contributed by atoms with Crippen LogP contribution in [-0.4, -0.2) is 10.2 Å². The van der Waals surface area contributed by atoms with E-state index in [1.165, 1.54) is 47.6 Å². The fourth-order valence-electron chi connectivity index (χ4n) is 2.84. The molecule has 1 aromatic heterocycles. The lowest BCUT2D eigenvalue weighted by Gasteiger charge is -2.20. The van der Waals surface area contributed by atoms with Crippen LogP contribution < -0.4 is 0 Å². The van der Waals surface area contributed by atoms with Gasteiger partial charge in [-0.25, -0.2) is 4.98 Å². The van der Waals surface area contributed by atoms with Crippen molar-refractivity contribution in [2.75, 3.05) is 0 Å². The van der Waals surface area contributed by atoms with Gasteiger partial charge >= 0.3 is 0 Å². The Labute approximate surface area is 143 Å². The lowest BCUT2D eigenvalue weighted by Crippen LogP contribution is -2.08. The van der Waals surface area contributed by atoms with E-state index in [0.29, 0.717) is 0 Å². The van der Waals surface area contributed by atoms with Gasteiger partial charge in [0.15, 0.2) is 0 Å². The Balaban J connectivity index is 1.69. The van der Waals surface area contributed by atoms with Gasteiger partial charge in [0.2, 0.25) is 0 Å². The van der Waals surface area contributed by atoms with Crippen LogP contribution >= 0.6 is 39.0 Å². The Kier molecular flexibility index (Phi) is 5.41. The lowest BCUT2D eigenvalue weighted by atomic mass is 10.0. The summed E-state index contributed by atoms with van der Waals surface area (Å²) in [5, 5.41) is 2.13. The number of benzene rings is 1. The number of aromatic nitrogens is 1. The molecule has 0 radical (unpaired) electrons. The Morgan fingerprint density at radius 2 is 2.10 bits per heavy atom. The second-order valence-corrected chi connectivity index (χ2v) is 9.09. The summed E-state index contributed by atoms with van der Waals surface area (Å²) in [6.45, 7) is 2.18. The minimum Gasteiger partial charge on any atom is -0.240 e. The van der Waals surface area contributed by atoms with E-state index in [4.69, 9.17) is 4.98 Å². The molecular formula is C17H20BrNS2. The molecule has 0 unspecified atom stereocenters. The fourth-order valence-corrected chi connectivity index (χ4v) is 5.54. The Bertz CT molecular complexity index is 603. The Hall–Kier alpha value is -0.320. The summed E-state index contributed by atoms with van der Waals surface area (Å²) in [7, 11) is 0. The molecule has 3 rings (SSSR count). The zero-order chi connectivity index (χ0) is 14.7. The molecule has 0 saturated heterocycles. The van der Waals surface area contributed by atoms with E-state index >= 15 is 0 Å². The third kappa shape index (κ3) is 4.11. The average molecular weight is 382 g/mol. The highest BCUT2D eigenvalue weighted by molar-refractivity contribution is 9.10. The highest BCUT2D eigenvalue weighted by atomic mass is 79.9. The van der Waals surface area contributed by atoms with Crippen LogP contribution in [0.4, 0.5) is 0 Å². The van der Waals surface area contributed by atoms with Crippen molar-refractivity contribution in [3.8, 4) is 11.3 Å². The quantitative estimate of drug-likeness (QED) is 0.603. The lowest BCUT2D eigenvalue weighted by molar-refractivity contribution is 0.516.